The summed E-state index contributed by atoms with van der Waals surface area (Å²) in [5.41, 5.74) is 10.1. The maximum absolute atomic E-state index is 5.42. The summed E-state index contributed by atoms with van der Waals surface area (Å²) in [6, 6.07) is 8.45. The molecule has 2 rings (SSSR count). The first kappa shape index (κ1) is 30.0. The number of hydrogen-bond donors (Lipinski definition) is 2. The zero-order valence-electron chi connectivity index (χ0n) is 20.1. The van der Waals surface area contributed by atoms with Gasteiger partial charge in [-0.15, -0.1) is 26.2 Å². The summed E-state index contributed by atoms with van der Waals surface area (Å²) in [4.78, 5) is 4.53. The Bertz CT molecular complexity index is 783. The van der Waals surface area contributed by atoms with Gasteiger partial charge in [-0.3, -0.25) is 4.99 Å². The highest BCUT2D eigenvalue weighted by Crippen LogP contribution is 2.19. The molecule has 0 saturated carbocycles. The number of rotatable bonds is 7. The van der Waals surface area contributed by atoms with Crippen LogP contribution in [0.3, 0.4) is 0 Å². The lowest BCUT2D eigenvalue weighted by atomic mass is 9.95. The molecule has 1 heterocycles. The van der Waals surface area contributed by atoms with Gasteiger partial charge in [0, 0.05) is 30.8 Å². The zero-order chi connectivity index (χ0) is 23.9. The first-order valence-electron chi connectivity index (χ1n) is 11.1. The van der Waals surface area contributed by atoms with Crippen molar-refractivity contribution in [2.45, 2.75) is 59.3 Å². The Morgan fingerprint density at radius 3 is 2.52 bits per heavy atom. The van der Waals surface area contributed by atoms with Gasteiger partial charge in [0.2, 0.25) is 0 Å². The molecule has 0 saturated heterocycles. The summed E-state index contributed by atoms with van der Waals surface area (Å²) in [6.45, 7) is 16.7. The van der Waals surface area contributed by atoms with Gasteiger partial charge in [-0.05, 0) is 49.0 Å². The van der Waals surface area contributed by atoms with Crippen molar-refractivity contribution in [1.82, 2.24) is 5.32 Å². The van der Waals surface area contributed by atoms with E-state index in [1.54, 1.807) is 7.05 Å². The van der Waals surface area contributed by atoms with E-state index in [9.17, 15) is 0 Å². The lowest BCUT2D eigenvalue weighted by Crippen LogP contribution is -2.14. The third kappa shape index (κ3) is 12.9. The van der Waals surface area contributed by atoms with E-state index in [1.165, 1.54) is 37.7 Å². The summed E-state index contributed by atoms with van der Waals surface area (Å²) >= 11 is 0. The van der Waals surface area contributed by atoms with E-state index in [-0.39, 0.29) is 0 Å². The SMILES string of the molecule is C#C/C(=C/C1=NCCc2cc(C#CN)ccc21)NC.C=C.C=CCCCCCC.CC. The molecule has 3 heteroatoms. The second kappa shape index (κ2) is 21.5. The molecule has 1 aliphatic rings. The fourth-order valence-electron chi connectivity index (χ4n) is 2.76. The molecule has 3 nitrogen and oxygen atoms in total. The predicted molar refractivity (Wildman–Crippen MR) is 140 cm³/mol. The Morgan fingerprint density at radius 1 is 1.26 bits per heavy atom. The fraction of sp³-hybridized carbons (Fsp3) is 0.393. The number of nitrogens with two attached hydrogens (primary N) is 1. The van der Waals surface area contributed by atoms with Crippen LogP contribution in [0.15, 0.2) is 60.8 Å². The number of nitrogens with one attached hydrogen (secondary N) is 1. The minimum absolute atomic E-state index is 0.720. The average Bonchev–Trinajstić information content (AvgIpc) is 2.83. The first-order chi connectivity index (χ1) is 15.2. The topological polar surface area (TPSA) is 50.4 Å². The predicted octanol–water partition coefficient (Wildman–Crippen LogP) is 6.01. The monoisotopic (exact) mass is 419 g/mol. The molecule has 3 N–H and O–H groups in total. The van der Waals surface area contributed by atoms with Gasteiger partial charge in [-0.25, -0.2) is 0 Å². The maximum Gasteiger partial charge on any atom is 0.0869 e. The zero-order valence-corrected chi connectivity index (χ0v) is 20.1. The standard InChI is InChI=1S/C16H15N3.C8H16.C2H6.C2H4/c1-3-14(18-2)11-16-15-5-4-12(6-8-17)10-13(15)7-9-19-16;1-3-5-7-8-6-4-2;2*1-2/h1,4-5,10-11,18H,7,9,17H2,2H3;3H,1,4-8H2,2H3;1-2H3;1-2H2/b14-11-;;;. The Hall–Kier alpha value is -3.17. The average molecular weight is 420 g/mol. The van der Waals surface area contributed by atoms with Gasteiger partial charge in [0.05, 0.1) is 11.4 Å². The number of aliphatic imine (C=N–C) groups is 1. The molecule has 31 heavy (non-hydrogen) atoms. The van der Waals surface area contributed by atoms with Crippen LogP contribution in [0.25, 0.3) is 0 Å². The van der Waals surface area contributed by atoms with E-state index in [4.69, 9.17) is 12.2 Å². The summed E-state index contributed by atoms with van der Waals surface area (Å²) in [5, 5.41) is 2.97. The molecule has 0 bridgehead atoms. The number of benzene rings is 1. The molecule has 0 radical (unpaired) electrons. The number of fused-ring (bicyclic) bond motifs is 1. The van der Waals surface area contributed by atoms with Crippen molar-refractivity contribution in [2.24, 2.45) is 10.7 Å². The highest BCUT2D eigenvalue weighted by Gasteiger charge is 2.13. The number of nitrogens with zero attached hydrogens (tertiary/aromatic N) is 1. The molecule has 0 fully saturated rings. The van der Waals surface area contributed by atoms with Crippen molar-refractivity contribution >= 4 is 5.71 Å². The van der Waals surface area contributed by atoms with Crippen molar-refractivity contribution < 1.29 is 0 Å². The van der Waals surface area contributed by atoms with Crippen molar-refractivity contribution in [3.05, 3.63) is 72.5 Å². The minimum atomic E-state index is 0.720. The third-order valence-electron chi connectivity index (χ3n) is 4.23. The largest absolute Gasteiger partial charge is 0.381 e. The lowest BCUT2D eigenvalue weighted by molar-refractivity contribution is 0.675. The van der Waals surface area contributed by atoms with Crippen LogP contribution in [0.2, 0.25) is 0 Å². The van der Waals surface area contributed by atoms with Crippen LogP contribution >= 0.6 is 0 Å². The highest BCUT2D eigenvalue weighted by atomic mass is 14.8. The Morgan fingerprint density at radius 2 is 1.97 bits per heavy atom. The van der Waals surface area contributed by atoms with Crippen LogP contribution in [0.4, 0.5) is 0 Å². The molecular formula is C28H41N3. The number of terminal acetylenes is 1. The second-order valence-electron chi connectivity index (χ2n) is 6.25. The van der Waals surface area contributed by atoms with Gasteiger partial charge in [0.1, 0.15) is 0 Å². The lowest BCUT2D eigenvalue weighted by Gasteiger charge is -2.15. The van der Waals surface area contributed by atoms with E-state index in [0.717, 1.165) is 35.5 Å². The molecule has 0 unspecified atom stereocenters. The fourth-order valence-corrected chi connectivity index (χ4v) is 2.76. The molecule has 1 aliphatic heterocycles. The van der Waals surface area contributed by atoms with Gasteiger partial charge in [0.15, 0.2) is 0 Å². The van der Waals surface area contributed by atoms with E-state index in [1.807, 2.05) is 38.1 Å². The van der Waals surface area contributed by atoms with Crippen molar-refractivity contribution in [2.75, 3.05) is 13.6 Å². The summed E-state index contributed by atoms with van der Waals surface area (Å²) in [7, 11) is 1.80. The van der Waals surface area contributed by atoms with Crippen molar-refractivity contribution in [3.8, 4) is 24.3 Å². The molecule has 1 aromatic rings. The van der Waals surface area contributed by atoms with E-state index >= 15 is 0 Å². The van der Waals surface area contributed by atoms with Crippen molar-refractivity contribution in [3.63, 3.8) is 0 Å². The number of unbranched alkanes of at least 4 members (excludes halogenated alkanes) is 4. The number of allylic oxidation sites excluding steroid dienone is 3. The van der Waals surface area contributed by atoms with Crippen LogP contribution in [0.1, 0.15) is 69.6 Å². The number of hydrogen-bond acceptors (Lipinski definition) is 3. The van der Waals surface area contributed by atoms with Crippen LogP contribution < -0.4 is 11.1 Å². The van der Waals surface area contributed by atoms with E-state index in [0.29, 0.717) is 0 Å². The Labute approximate surface area is 191 Å². The molecule has 168 valence electrons. The molecule has 0 spiro atoms. The molecule has 1 aromatic carbocycles. The van der Waals surface area contributed by atoms with Gasteiger partial charge < -0.3 is 11.1 Å². The third-order valence-corrected chi connectivity index (χ3v) is 4.23. The minimum Gasteiger partial charge on any atom is -0.381 e. The Kier molecular flexibility index (Phi) is 20.9. The van der Waals surface area contributed by atoms with Gasteiger partial charge in [-0.1, -0.05) is 58.1 Å². The maximum atomic E-state index is 5.42. The van der Waals surface area contributed by atoms with Gasteiger partial charge >= 0.3 is 0 Å². The van der Waals surface area contributed by atoms with Crippen LogP contribution in [-0.4, -0.2) is 19.3 Å². The summed E-state index contributed by atoms with van der Waals surface area (Å²) in [6.07, 6.45) is 16.8. The molecule has 0 amide bonds. The van der Waals surface area contributed by atoms with E-state index < -0.39 is 0 Å². The van der Waals surface area contributed by atoms with Crippen LogP contribution in [-0.2, 0) is 6.42 Å². The van der Waals surface area contributed by atoms with Crippen LogP contribution in [0, 0.1) is 24.3 Å². The van der Waals surface area contributed by atoms with Gasteiger partial charge in [-0.2, -0.15) is 0 Å². The van der Waals surface area contributed by atoms with E-state index in [2.05, 4.69) is 60.9 Å². The molecule has 0 aliphatic carbocycles. The van der Waals surface area contributed by atoms with Gasteiger partial charge in [0.25, 0.3) is 0 Å². The molecular weight excluding hydrogens is 378 g/mol. The smallest absolute Gasteiger partial charge is 0.0869 e. The quantitative estimate of drug-likeness (QED) is 0.246. The first-order valence-corrected chi connectivity index (χ1v) is 11.1. The Balaban J connectivity index is 0. The second-order valence-corrected chi connectivity index (χ2v) is 6.25. The molecule has 0 aromatic heterocycles. The summed E-state index contributed by atoms with van der Waals surface area (Å²) in [5.74, 6) is 5.46. The van der Waals surface area contributed by atoms with Crippen molar-refractivity contribution in [1.29, 1.82) is 0 Å². The van der Waals surface area contributed by atoms with Crippen LogP contribution in [0.5, 0.6) is 0 Å². The summed E-state index contributed by atoms with van der Waals surface area (Å²) < 4.78 is 0. The highest BCUT2D eigenvalue weighted by molar-refractivity contribution is 6.11. The molecule has 0 atom stereocenters. The normalized spacial score (nSPS) is 10.9.